The molecule has 6 nitrogen and oxygen atoms in total. The van der Waals surface area contributed by atoms with Crippen molar-refractivity contribution in [3.05, 3.63) is 65.5 Å². The van der Waals surface area contributed by atoms with Crippen LogP contribution in [0.4, 0.5) is 4.39 Å². The van der Waals surface area contributed by atoms with Gasteiger partial charge in [0.2, 0.25) is 10.0 Å². The molecule has 2 aromatic rings. The molecule has 0 unspecified atom stereocenters. The first-order chi connectivity index (χ1) is 12.4. The van der Waals surface area contributed by atoms with Crippen LogP contribution in [0.5, 0.6) is 0 Å². The summed E-state index contributed by atoms with van der Waals surface area (Å²) < 4.78 is 39.0. The number of aliphatic imine (C=N–C) groups is 1. The van der Waals surface area contributed by atoms with E-state index in [9.17, 15) is 12.8 Å². The molecule has 0 saturated heterocycles. The minimum Gasteiger partial charge on any atom is -0.357 e. The maximum Gasteiger partial charge on any atom is 0.240 e. The van der Waals surface area contributed by atoms with Gasteiger partial charge in [-0.15, -0.1) is 24.0 Å². The molecular formula is C18H24FIN4O2S. The van der Waals surface area contributed by atoms with Crippen LogP contribution >= 0.6 is 24.0 Å². The Labute approximate surface area is 176 Å². The molecule has 0 heterocycles. The van der Waals surface area contributed by atoms with Crippen LogP contribution < -0.4 is 15.4 Å². The number of rotatable bonds is 7. The first-order valence-corrected chi connectivity index (χ1v) is 9.72. The minimum absolute atomic E-state index is 0. The van der Waals surface area contributed by atoms with Gasteiger partial charge in [0.1, 0.15) is 5.82 Å². The molecule has 0 atom stereocenters. The van der Waals surface area contributed by atoms with E-state index in [1.165, 1.54) is 25.2 Å². The molecule has 2 rings (SSSR count). The van der Waals surface area contributed by atoms with Gasteiger partial charge in [-0.25, -0.2) is 22.5 Å². The summed E-state index contributed by atoms with van der Waals surface area (Å²) in [4.78, 5) is 4.68. The van der Waals surface area contributed by atoms with Crippen molar-refractivity contribution >= 4 is 40.0 Å². The van der Waals surface area contributed by atoms with Gasteiger partial charge in [-0.3, -0.25) is 0 Å². The second kappa shape index (κ2) is 11.2. The summed E-state index contributed by atoms with van der Waals surface area (Å²) in [5.74, 6) is 0.324. The smallest absolute Gasteiger partial charge is 0.240 e. The second-order valence-corrected chi connectivity index (χ2v) is 7.42. The van der Waals surface area contributed by atoms with E-state index in [-0.39, 0.29) is 34.7 Å². The average molecular weight is 506 g/mol. The molecule has 2 aromatic carbocycles. The number of guanidine groups is 1. The minimum atomic E-state index is -3.48. The molecule has 0 spiro atoms. The summed E-state index contributed by atoms with van der Waals surface area (Å²) in [5.41, 5.74) is 1.71. The number of benzene rings is 2. The third kappa shape index (κ3) is 7.43. The Balaban J connectivity index is 0.00000364. The van der Waals surface area contributed by atoms with E-state index in [4.69, 9.17) is 0 Å². The van der Waals surface area contributed by atoms with E-state index in [0.717, 1.165) is 11.1 Å². The lowest BCUT2D eigenvalue weighted by atomic mass is 10.2. The molecular weight excluding hydrogens is 482 g/mol. The Morgan fingerprint density at radius 3 is 2.41 bits per heavy atom. The number of nitrogens with one attached hydrogen (secondary N) is 3. The Kier molecular flexibility index (Phi) is 9.67. The molecule has 0 aliphatic rings. The molecule has 0 saturated carbocycles. The highest BCUT2D eigenvalue weighted by Gasteiger charge is 2.11. The van der Waals surface area contributed by atoms with E-state index in [2.05, 4.69) is 20.3 Å². The normalized spacial score (nSPS) is 11.6. The van der Waals surface area contributed by atoms with Crippen molar-refractivity contribution in [3.8, 4) is 0 Å². The van der Waals surface area contributed by atoms with Crippen LogP contribution in [0.3, 0.4) is 0 Å². The molecule has 27 heavy (non-hydrogen) atoms. The van der Waals surface area contributed by atoms with Crippen molar-refractivity contribution < 1.29 is 12.8 Å². The summed E-state index contributed by atoms with van der Waals surface area (Å²) in [6.07, 6.45) is 0. The molecule has 0 fully saturated rings. The predicted octanol–water partition coefficient (Wildman–Crippen LogP) is 2.61. The third-order valence-electron chi connectivity index (χ3n) is 3.61. The van der Waals surface area contributed by atoms with Crippen LogP contribution in [-0.2, 0) is 23.1 Å². The van der Waals surface area contributed by atoms with Crippen molar-refractivity contribution in [3.63, 3.8) is 0 Å². The number of hydrogen-bond acceptors (Lipinski definition) is 3. The van der Waals surface area contributed by atoms with Crippen LogP contribution in [0.2, 0.25) is 0 Å². The zero-order valence-electron chi connectivity index (χ0n) is 15.2. The summed E-state index contributed by atoms with van der Waals surface area (Å²) in [5, 5.41) is 6.29. The fraction of sp³-hybridized carbons (Fsp3) is 0.278. The Morgan fingerprint density at radius 2 is 1.78 bits per heavy atom. The van der Waals surface area contributed by atoms with E-state index in [1.807, 2.05) is 13.0 Å². The van der Waals surface area contributed by atoms with Crippen molar-refractivity contribution in [2.45, 2.75) is 24.9 Å². The van der Waals surface area contributed by atoms with Crippen molar-refractivity contribution in [2.75, 3.05) is 13.6 Å². The van der Waals surface area contributed by atoms with E-state index in [1.54, 1.807) is 24.3 Å². The quantitative estimate of drug-likeness (QED) is 0.307. The fourth-order valence-electron chi connectivity index (χ4n) is 2.23. The first kappa shape index (κ1) is 23.3. The largest absolute Gasteiger partial charge is 0.357 e. The Bertz CT molecular complexity index is 858. The molecule has 0 aliphatic carbocycles. The lowest BCUT2D eigenvalue weighted by Gasteiger charge is -2.11. The van der Waals surface area contributed by atoms with Gasteiger partial charge in [0.15, 0.2) is 5.96 Å². The maximum atomic E-state index is 13.0. The Morgan fingerprint density at radius 1 is 1.07 bits per heavy atom. The van der Waals surface area contributed by atoms with Crippen LogP contribution in [-0.4, -0.2) is 28.0 Å². The van der Waals surface area contributed by atoms with Crippen molar-refractivity contribution in [1.29, 1.82) is 0 Å². The monoisotopic (exact) mass is 506 g/mol. The molecule has 9 heteroatoms. The summed E-state index contributed by atoms with van der Waals surface area (Å²) in [6.45, 7) is 3.46. The van der Waals surface area contributed by atoms with Gasteiger partial charge in [-0.1, -0.05) is 24.3 Å². The van der Waals surface area contributed by atoms with Crippen LogP contribution in [0.15, 0.2) is 58.4 Å². The van der Waals surface area contributed by atoms with Crippen molar-refractivity contribution in [2.24, 2.45) is 4.99 Å². The number of halogens is 2. The fourth-order valence-corrected chi connectivity index (χ4v) is 3.03. The second-order valence-electron chi connectivity index (χ2n) is 5.53. The topological polar surface area (TPSA) is 82.6 Å². The number of nitrogens with zero attached hydrogens (tertiary/aromatic N) is 1. The molecule has 0 aromatic heterocycles. The van der Waals surface area contributed by atoms with E-state index in [0.29, 0.717) is 25.6 Å². The van der Waals surface area contributed by atoms with Gasteiger partial charge in [0, 0.05) is 13.1 Å². The molecule has 0 amide bonds. The standard InChI is InChI=1S/C18H23FN4O2S.HI/c1-3-21-18(22-12-14-7-9-16(19)10-8-14)23-13-15-5-4-6-17(11-15)26(24,25)20-2;/h4-11,20H,3,12-13H2,1-2H3,(H2,21,22,23);1H. The zero-order valence-corrected chi connectivity index (χ0v) is 18.3. The lowest BCUT2D eigenvalue weighted by Crippen LogP contribution is -2.36. The molecule has 3 N–H and O–H groups in total. The van der Waals surface area contributed by atoms with Crippen LogP contribution in [0, 0.1) is 5.82 Å². The van der Waals surface area contributed by atoms with Gasteiger partial charge in [0.05, 0.1) is 11.4 Å². The van der Waals surface area contributed by atoms with Crippen LogP contribution in [0.1, 0.15) is 18.1 Å². The molecule has 0 radical (unpaired) electrons. The van der Waals surface area contributed by atoms with Gasteiger partial charge in [-0.2, -0.15) is 0 Å². The van der Waals surface area contributed by atoms with E-state index >= 15 is 0 Å². The number of hydrogen-bond donors (Lipinski definition) is 3. The molecule has 0 aliphatic heterocycles. The highest BCUT2D eigenvalue weighted by Crippen LogP contribution is 2.12. The van der Waals surface area contributed by atoms with Crippen molar-refractivity contribution in [1.82, 2.24) is 15.4 Å². The highest BCUT2D eigenvalue weighted by atomic mass is 127. The first-order valence-electron chi connectivity index (χ1n) is 8.23. The van der Waals surface area contributed by atoms with Gasteiger partial charge in [-0.05, 0) is 49.4 Å². The van der Waals surface area contributed by atoms with Gasteiger partial charge >= 0.3 is 0 Å². The predicted molar refractivity (Wildman–Crippen MR) is 116 cm³/mol. The SMILES string of the molecule is CCNC(=NCc1cccc(S(=O)(=O)NC)c1)NCc1ccc(F)cc1.I. The number of sulfonamides is 1. The summed E-state index contributed by atoms with van der Waals surface area (Å²) in [7, 11) is -2.10. The van der Waals surface area contributed by atoms with Crippen LogP contribution in [0.25, 0.3) is 0 Å². The van der Waals surface area contributed by atoms with Gasteiger partial charge in [0.25, 0.3) is 0 Å². The van der Waals surface area contributed by atoms with Gasteiger partial charge < -0.3 is 10.6 Å². The average Bonchev–Trinajstić information content (AvgIpc) is 2.65. The summed E-state index contributed by atoms with van der Waals surface area (Å²) in [6, 6.07) is 12.9. The van der Waals surface area contributed by atoms with E-state index < -0.39 is 10.0 Å². The maximum absolute atomic E-state index is 13.0. The zero-order chi connectivity index (χ0) is 19.0. The molecule has 0 bridgehead atoms. The highest BCUT2D eigenvalue weighted by molar-refractivity contribution is 14.0. The lowest BCUT2D eigenvalue weighted by molar-refractivity contribution is 0.588. The Hall–Kier alpha value is -1.72. The summed E-state index contributed by atoms with van der Waals surface area (Å²) >= 11 is 0. The molecule has 148 valence electrons. The third-order valence-corrected chi connectivity index (χ3v) is 5.03.